The monoisotopic (exact) mass is 494 g/mol. The van der Waals surface area contributed by atoms with Crippen molar-refractivity contribution in [1.82, 2.24) is 0 Å². The van der Waals surface area contributed by atoms with E-state index in [4.69, 9.17) is 34.8 Å². The number of hydrogen-bond acceptors (Lipinski definition) is 1. The van der Waals surface area contributed by atoms with E-state index in [1.54, 1.807) is 6.92 Å². The van der Waals surface area contributed by atoms with Crippen molar-refractivity contribution >= 4 is 82.6 Å². The number of halogens is 6. The van der Waals surface area contributed by atoms with Crippen molar-refractivity contribution in [3.63, 3.8) is 0 Å². The van der Waals surface area contributed by atoms with Gasteiger partial charge in [-0.05, 0) is 20.3 Å². The molecule has 17 heavy (non-hydrogen) atoms. The molecule has 0 rings (SSSR count). The van der Waals surface area contributed by atoms with Crippen LogP contribution < -0.4 is 0 Å². The second-order valence-electron chi connectivity index (χ2n) is 4.40. The predicted molar refractivity (Wildman–Crippen MR) is 89.1 cm³/mol. The van der Waals surface area contributed by atoms with Crippen LogP contribution in [-0.2, 0) is 0 Å². The summed E-state index contributed by atoms with van der Waals surface area (Å²) in [6, 6.07) is 0. The van der Waals surface area contributed by atoms with Gasteiger partial charge in [0, 0.05) is 16.0 Å². The van der Waals surface area contributed by atoms with Crippen LogP contribution in [-0.4, -0.2) is 41.8 Å². The Hall–Kier alpha value is 2.27. The zero-order chi connectivity index (χ0) is 13.9. The van der Waals surface area contributed by atoms with E-state index < -0.39 is 11.0 Å². The lowest BCUT2D eigenvalue weighted by Gasteiger charge is -2.35. The fourth-order valence-corrected chi connectivity index (χ4v) is 3.73. The number of aliphatic hydroxyl groups is 1. The van der Waals surface area contributed by atoms with Crippen molar-refractivity contribution in [1.29, 1.82) is 0 Å². The van der Waals surface area contributed by atoms with Crippen molar-refractivity contribution in [3.8, 4) is 0 Å². The van der Waals surface area contributed by atoms with Crippen LogP contribution in [0.15, 0.2) is 0 Å². The summed E-state index contributed by atoms with van der Waals surface area (Å²) in [5, 5.41) is 10.1. The third kappa shape index (κ3) is 5.65. The Bertz CT molecular complexity index is 239. The largest absolute Gasteiger partial charge is 0.390 e. The van der Waals surface area contributed by atoms with E-state index in [2.05, 4.69) is 47.8 Å². The Balaban J connectivity index is 4.59. The molecule has 0 aliphatic carbocycles. The Kier molecular flexibility index (Phi) is 8.95. The summed E-state index contributed by atoms with van der Waals surface area (Å²) in [5.41, 5.74) is 0. The molecular weight excluding hydrogens is 482 g/mol. The van der Waals surface area contributed by atoms with Crippen LogP contribution in [0.3, 0.4) is 0 Å². The number of aliphatic hydroxyl groups excluding tert-OH is 1. The molecule has 0 fully saturated rings. The van der Waals surface area contributed by atoms with Gasteiger partial charge in [-0.3, -0.25) is 0 Å². The highest BCUT2D eigenvalue weighted by molar-refractivity contribution is 9.10. The van der Waals surface area contributed by atoms with Crippen LogP contribution in [0.1, 0.15) is 20.3 Å². The van der Waals surface area contributed by atoms with Gasteiger partial charge in [-0.15, -0.1) is 34.8 Å². The van der Waals surface area contributed by atoms with E-state index in [-0.39, 0.29) is 14.5 Å². The molecule has 0 aromatic rings. The van der Waals surface area contributed by atoms with Gasteiger partial charge in [-0.1, -0.05) is 47.8 Å². The minimum absolute atomic E-state index is 0.119. The fourth-order valence-electron chi connectivity index (χ4n) is 1.10. The van der Waals surface area contributed by atoms with Crippen molar-refractivity contribution in [2.24, 2.45) is 0 Å². The first kappa shape index (κ1) is 19.3. The summed E-state index contributed by atoms with van der Waals surface area (Å²) < 4.78 is -0.353. The predicted octanol–water partition coefficient (Wildman–Crippen LogP) is 4.89. The maximum Gasteiger partial charge on any atom is 0.0836 e. The topological polar surface area (TPSA) is 20.2 Å². The Labute approximate surface area is 143 Å². The molecule has 1 nitrogen and oxygen atoms in total. The van der Waals surface area contributed by atoms with Gasteiger partial charge in [0.25, 0.3) is 0 Å². The number of alkyl halides is 6. The molecule has 0 radical (unpaired) electrons. The molecule has 0 saturated carbocycles. The molecule has 0 aromatic heterocycles. The second-order valence-corrected chi connectivity index (χ2v) is 9.58. The molecule has 0 spiro atoms. The highest BCUT2D eigenvalue weighted by Crippen LogP contribution is 2.38. The highest BCUT2D eigenvalue weighted by atomic mass is 79.9. The van der Waals surface area contributed by atoms with Crippen LogP contribution in [0.4, 0.5) is 0 Å². The third-order valence-corrected chi connectivity index (χ3v) is 8.09. The van der Waals surface area contributed by atoms with E-state index in [0.717, 1.165) is 0 Å². The normalized spacial score (nSPS) is 24.5. The van der Waals surface area contributed by atoms with E-state index in [1.807, 2.05) is 6.92 Å². The van der Waals surface area contributed by atoms with Gasteiger partial charge in [0.1, 0.15) is 0 Å². The molecule has 5 atom stereocenters. The molecule has 0 aliphatic rings. The van der Waals surface area contributed by atoms with Gasteiger partial charge in [-0.25, -0.2) is 0 Å². The first-order valence-electron chi connectivity index (χ1n) is 5.05. The Morgan fingerprint density at radius 2 is 1.82 bits per heavy atom. The van der Waals surface area contributed by atoms with E-state index in [1.165, 1.54) is 0 Å². The van der Waals surface area contributed by atoms with Crippen LogP contribution in [0.25, 0.3) is 0 Å². The zero-order valence-corrected chi connectivity index (χ0v) is 16.6. The van der Waals surface area contributed by atoms with Crippen molar-refractivity contribution in [2.45, 2.75) is 45.8 Å². The molecule has 7 heteroatoms. The van der Waals surface area contributed by atoms with Crippen LogP contribution in [0.2, 0.25) is 0 Å². The van der Waals surface area contributed by atoms with Crippen molar-refractivity contribution in [3.05, 3.63) is 0 Å². The quantitative estimate of drug-likeness (QED) is 0.496. The van der Waals surface area contributed by atoms with E-state index in [9.17, 15) is 5.11 Å². The van der Waals surface area contributed by atoms with Gasteiger partial charge in [0.2, 0.25) is 0 Å². The summed E-state index contributed by atoms with van der Waals surface area (Å²) in [4.78, 5) is -0.904. The van der Waals surface area contributed by atoms with Gasteiger partial charge in [-0.2, -0.15) is 0 Å². The molecule has 0 unspecified atom stereocenters. The van der Waals surface area contributed by atoms with Gasteiger partial charge >= 0.3 is 0 Å². The Morgan fingerprint density at radius 3 is 2.18 bits per heavy atom. The Morgan fingerprint density at radius 1 is 1.35 bits per heavy atom. The number of hydrogen-bond donors (Lipinski definition) is 1. The van der Waals surface area contributed by atoms with E-state index in [0.29, 0.717) is 17.6 Å². The summed E-state index contributed by atoms with van der Waals surface area (Å²) in [6.45, 7) is 3.72. The molecule has 104 valence electrons. The summed E-state index contributed by atoms with van der Waals surface area (Å²) >= 11 is 28.7. The second kappa shape index (κ2) is 7.90. The van der Waals surface area contributed by atoms with Gasteiger partial charge < -0.3 is 5.11 Å². The molecule has 0 saturated heterocycles. The zero-order valence-electron chi connectivity index (χ0n) is 9.57. The molecule has 0 heterocycles. The SMILES string of the molecule is C[C@](Cl)([C@H](O)CBr)[C@H](Br)C[C@@H](Cl)[C@@](C)(Br)CCl. The molecule has 0 aliphatic heterocycles. The first-order chi connectivity index (χ1) is 7.59. The van der Waals surface area contributed by atoms with Gasteiger partial charge in [0.15, 0.2) is 0 Å². The lowest BCUT2D eigenvalue weighted by Crippen LogP contribution is -2.45. The molecule has 0 amide bonds. The fraction of sp³-hybridized carbons (Fsp3) is 1.00. The van der Waals surface area contributed by atoms with Crippen LogP contribution >= 0.6 is 82.6 Å². The standard InChI is InChI=1S/C10H16Br3Cl3O/c1-9(13,5-14)7(15)3-6(12)10(2,16)8(17)4-11/h6-8,17H,3-5H2,1-2H3/t6-,7-,8-,9+,10-/m1/s1. The molecular formula is C10H16Br3Cl3O. The first-order valence-corrected chi connectivity index (χ1v) is 9.23. The minimum atomic E-state index is -0.786. The van der Waals surface area contributed by atoms with Gasteiger partial charge in [0.05, 0.1) is 20.7 Å². The highest BCUT2D eigenvalue weighted by Gasteiger charge is 2.40. The van der Waals surface area contributed by atoms with Crippen LogP contribution in [0, 0.1) is 0 Å². The minimum Gasteiger partial charge on any atom is -0.390 e. The van der Waals surface area contributed by atoms with E-state index >= 15 is 0 Å². The maximum atomic E-state index is 9.84. The third-order valence-electron chi connectivity index (χ3n) is 2.74. The molecule has 1 N–H and O–H groups in total. The average Bonchev–Trinajstić information content (AvgIpc) is 2.27. The maximum absolute atomic E-state index is 9.84. The lowest BCUT2D eigenvalue weighted by atomic mass is 9.94. The number of rotatable bonds is 7. The smallest absolute Gasteiger partial charge is 0.0836 e. The lowest BCUT2D eigenvalue weighted by molar-refractivity contribution is 0.153. The molecule has 0 aromatic carbocycles. The van der Waals surface area contributed by atoms with Crippen molar-refractivity contribution < 1.29 is 5.11 Å². The van der Waals surface area contributed by atoms with Crippen molar-refractivity contribution in [2.75, 3.05) is 11.2 Å². The molecule has 0 bridgehead atoms. The summed E-state index contributed by atoms with van der Waals surface area (Å²) in [5.74, 6) is 0.404. The van der Waals surface area contributed by atoms with Crippen LogP contribution in [0.5, 0.6) is 0 Å². The average molecular weight is 498 g/mol. The summed E-state index contributed by atoms with van der Waals surface area (Å²) in [6.07, 6.45) is -0.0601. The summed E-state index contributed by atoms with van der Waals surface area (Å²) in [7, 11) is 0.